The SMILES string of the molecule is O=C(c1ccc(Cl)cc1F)c1ccc(F)cc1I. The molecular weight excluding hydrogens is 372 g/mol. The van der Waals surface area contributed by atoms with Gasteiger partial charge in [0, 0.05) is 14.2 Å². The standard InChI is InChI=1S/C13H6ClF2IO/c14-7-1-3-9(11(16)5-7)13(18)10-4-2-8(15)6-12(10)17/h1-6H. The summed E-state index contributed by atoms with van der Waals surface area (Å²) >= 11 is 7.45. The van der Waals surface area contributed by atoms with E-state index in [1.54, 1.807) is 0 Å². The quantitative estimate of drug-likeness (QED) is 0.557. The third-order valence-corrected chi connectivity index (χ3v) is 3.48. The number of hydrogen-bond acceptors (Lipinski definition) is 1. The molecule has 2 aromatic carbocycles. The van der Waals surface area contributed by atoms with Crippen molar-refractivity contribution in [1.29, 1.82) is 0 Å². The largest absolute Gasteiger partial charge is 0.288 e. The van der Waals surface area contributed by atoms with Crippen LogP contribution in [0, 0.1) is 15.2 Å². The molecule has 1 nitrogen and oxygen atoms in total. The molecule has 0 heterocycles. The first kappa shape index (κ1) is 13.4. The fraction of sp³-hybridized carbons (Fsp3) is 0. The van der Waals surface area contributed by atoms with E-state index in [1.165, 1.54) is 30.3 Å². The lowest BCUT2D eigenvalue weighted by Gasteiger charge is -2.05. The number of ketones is 1. The van der Waals surface area contributed by atoms with Crippen LogP contribution in [0.4, 0.5) is 8.78 Å². The minimum absolute atomic E-state index is 0.0797. The fourth-order valence-electron chi connectivity index (χ4n) is 1.49. The Bertz CT molecular complexity index is 575. The number of carbonyl (C=O) groups excluding carboxylic acids is 1. The van der Waals surface area contributed by atoms with Gasteiger partial charge in [0.25, 0.3) is 0 Å². The summed E-state index contributed by atoms with van der Waals surface area (Å²) in [5.74, 6) is -1.62. The fourth-order valence-corrected chi connectivity index (χ4v) is 2.37. The summed E-state index contributed by atoms with van der Waals surface area (Å²) in [4.78, 5) is 12.1. The van der Waals surface area contributed by atoms with Gasteiger partial charge in [-0.25, -0.2) is 8.78 Å². The highest BCUT2D eigenvalue weighted by Crippen LogP contribution is 2.21. The van der Waals surface area contributed by atoms with Gasteiger partial charge < -0.3 is 0 Å². The molecule has 0 aromatic heterocycles. The molecule has 0 N–H and O–H groups in total. The smallest absolute Gasteiger partial charge is 0.197 e. The maximum Gasteiger partial charge on any atom is 0.197 e. The Balaban J connectivity index is 2.48. The number of carbonyl (C=O) groups is 1. The van der Waals surface area contributed by atoms with Gasteiger partial charge in [-0.3, -0.25) is 4.79 Å². The molecule has 0 spiro atoms. The van der Waals surface area contributed by atoms with Gasteiger partial charge in [-0.2, -0.15) is 0 Å². The molecular formula is C13H6ClF2IO. The monoisotopic (exact) mass is 378 g/mol. The maximum absolute atomic E-state index is 13.6. The zero-order valence-corrected chi connectivity index (χ0v) is 11.8. The van der Waals surface area contributed by atoms with Gasteiger partial charge in [0.1, 0.15) is 11.6 Å². The summed E-state index contributed by atoms with van der Waals surface area (Å²) in [6.07, 6.45) is 0. The Morgan fingerprint density at radius 2 is 1.72 bits per heavy atom. The molecule has 0 aliphatic rings. The Morgan fingerprint density at radius 1 is 1.06 bits per heavy atom. The lowest BCUT2D eigenvalue weighted by Crippen LogP contribution is -2.06. The zero-order valence-electron chi connectivity index (χ0n) is 8.88. The third-order valence-electron chi connectivity index (χ3n) is 2.35. The van der Waals surface area contributed by atoms with Gasteiger partial charge in [-0.05, 0) is 59.0 Å². The minimum atomic E-state index is -0.687. The van der Waals surface area contributed by atoms with Crippen molar-refractivity contribution in [3.05, 3.63) is 67.8 Å². The van der Waals surface area contributed by atoms with Crippen molar-refractivity contribution < 1.29 is 13.6 Å². The number of rotatable bonds is 2. The second-order valence-electron chi connectivity index (χ2n) is 3.58. The van der Waals surface area contributed by atoms with Crippen molar-refractivity contribution in [2.75, 3.05) is 0 Å². The topological polar surface area (TPSA) is 17.1 Å². The van der Waals surface area contributed by atoms with Crippen LogP contribution in [0.15, 0.2) is 36.4 Å². The average molecular weight is 379 g/mol. The van der Waals surface area contributed by atoms with Crippen LogP contribution in [0.3, 0.4) is 0 Å². The van der Waals surface area contributed by atoms with E-state index < -0.39 is 17.4 Å². The molecule has 18 heavy (non-hydrogen) atoms. The van der Waals surface area contributed by atoms with E-state index in [0.717, 1.165) is 6.07 Å². The van der Waals surface area contributed by atoms with E-state index in [0.29, 0.717) is 3.57 Å². The van der Waals surface area contributed by atoms with Gasteiger partial charge in [-0.15, -0.1) is 0 Å². The number of benzene rings is 2. The molecule has 92 valence electrons. The first-order valence-electron chi connectivity index (χ1n) is 4.94. The lowest BCUT2D eigenvalue weighted by atomic mass is 10.0. The number of halogens is 4. The minimum Gasteiger partial charge on any atom is -0.288 e. The second kappa shape index (κ2) is 5.32. The summed E-state index contributed by atoms with van der Waals surface area (Å²) in [6.45, 7) is 0. The highest BCUT2D eigenvalue weighted by molar-refractivity contribution is 14.1. The molecule has 5 heteroatoms. The highest BCUT2D eigenvalue weighted by Gasteiger charge is 2.17. The Morgan fingerprint density at radius 3 is 2.33 bits per heavy atom. The summed E-state index contributed by atoms with van der Waals surface area (Å²) < 4.78 is 27.0. The normalized spacial score (nSPS) is 10.4. The lowest BCUT2D eigenvalue weighted by molar-refractivity contribution is 0.103. The molecule has 2 rings (SSSR count). The molecule has 0 fully saturated rings. The summed E-state index contributed by atoms with van der Waals surface area (Å²) in [7, 11) is 0. The van der Waals surface area contributed by atoms with Crippen LogP contribution in [0.25, 0.3) is 0 Å². The van der Waals surface area contributed by atoms with E-state index >= 15 is 0 Å². The van der Waals surface area contributed by atoms with Crippen molar-refractivity contribution in [3.8, 4) is 0 Å². The van der Waals surface area contributed by atoms with Gasteiger partial charge in [0.05, 0.1) is 5.56 Å². The van der Waals surface area contributed by atoms with E-state index in [-0.39, 0.29) is 16.1 Å². The van der Waals surface area contributed by atoms with E-state index in [9.17, 15) is 13.6 Å². The van der Waals surface area contributed by atoms with Crippen LogP contribution in [0.5, 0.6) is 0 Å². The van der Waals surface area contributed by atoms with Crippen molar-refractivity contribution >= 4 is 40.0 Å². The van der Waals surface area contributed by atoms with Crippen molar-refractivity contribution in [3.63, 3.8) is 0 Å². The average Bonchev–Trinajstić information content (AvgIpc) is 2.28. The molecule has 0 saturated heterocycles. The van der Waals surface area contributed by atoms with Crippen LogP contribution in [0.2, 0.25) is 5.02 Å². The summed E-state index contributed by atoms with van der Waals surface area (Å²) in [5, 5.41) is 0.220. The predicted molar refractivity (Wildman–Crippen MR) is 74.0 cm³/mol. The first-order chi connectivity index (χ1) is 8.49. The molecule has 0 amide bonds. The molecule has 0 saturated carbocycles. The third kappa shape index (κ3) is 2.70. The van der Waals surface area contributed by atoms with Gasteiger partial charge in [0.15, 0.2) is 5.78 Å². The van der Waals surface area contributed by atoms with Gasteiger partial charge >= 0.3 is 0 Å². The summed E-state index contributed by atoms with van der Waals surface area (Å²) in [6, 6.07) is 7.57. The number of hydrogen-bond donors (Lipinski definition) is 0. The Kier molecular flexibility index (Phi) is 3.97. The van der Waals surface area contributed by atoms with Crippen LogP contribution in [-0.4, -0.2) is 5.78 Å². The van der Waals surface area contributed by atoms with Crippen molar-refractivity contribution in [1.82, 2.24) is 0 Å². The summed E-state index contributed by atoms with van der Waals surface area (Å²) in [5.41, 5.74) is 0.183. The van der Waals surface area contributed by atoms with Gasteiger partial charge in [-0.1, -0.05) is 11.6 Å². The van der Waals surface area contributed by atoms with Gasteiger partial charge in [0.2, 0.25) is 0 Å². The molecule has 0 atom stereocenters. The van der Waals surface area contributed by atoms with Crippen LogP contribution < -0.4 is 0 Å². The first-order valence-corrected chi connectivity index (χ1v) is 6.39. The predicted octanol–water partition coefficient (Wildman–Crippen LogP) is 4.45. The maximum atomic E-state index is 13.6. The van der Waals surface area contributed by atoms with Crippen LogP contribution >= 0.6 is 34.2 Å². The molecule has 0 aliphatic heterocycles. The molecule has 0 radical (unpaired) electrons. The van der Waals surface area contributed by atoms with E-state index in [4.69, 9.17) is 11.6 Å². The van der Waals surface area contributed by atoms with Crippen LogP contribution in [0.1, 0.15) is 15.9 Å². The molecule has 0 aliphatic carbocycles. The van der Waals surface area contributed by atoms with E-state index in [1.807, 2.05) is 22.6 Å². The van der Waals surface area contributed by atoms with Crippen molar-refractivity contribution in [2.24, 2.45) is 0 Å². The molecule has 2 aromatic rings. The van der Waals surface area contributed by atoms with E-state index in [2.05, 4.69) is 0 Å². The Hall–Kier alpha value is -1.01. The zero-order chi connectivity index (χ0) is 13.3. The van der Waals surface area contributed by atoms with Crippen LogP contribution in [-0.2, 0) is 0 Å². The Labute approximate surface area is 121 Å². The second-order valence-corrected chi connectivity index (χ2v) is 5.18. The molecule has 0 unspecified atom stereocenters. The molecule has 0 bridgehead atoms. The highest BCUT2D eigenvalue weighted by atomic mass is 127. The van der Waals surface area contributed by atoms with Crippen molar-refractivity contribution in [2.45, 2.75) is 0 Å².